The molecular weight excluding hydrogens is 612 g/mol. The molecule has 2 saturated heterocycles. The van der Waals surface area contributed by atoms with Crippen molar-refractivity contribution in [3.63, 3.8) is 0 Å². The average molecular weight is 648 g/mol. The van der Waals surface area contributed by atoms with Crippen LogP contribution in [0.1, 0.15) is 77.6 Å². The number of aromatic nitrogens is 1. The van der Waals surface area contributed by atoms with Gasteiger partial charge in [0.05, 0.1) is 22.7 Å². The Labute approximate surface area is 263 Å². The van der Waals surface area contributed by atoms with Gasteiger partial charge in [0.2, 0.25) is 5.60 Å². The zero-order chi connectivity index (χ0) is 33.3. The molecule has 46 heavy (non-hydrogen) atoms. The summed E-state index contributed by atoms with van der Waals surface area (Å²) >= 11 is 0. The summed E-state index contributed by atoms with van der Waals surface area (Å²) < 4.78 is 88.3. The van der Waals surface area contributed by atoms with Crippen LogP contribution in [0.2, 0.25) is 0 Å². The van der Waals surface area contributed by atoms with Gasteiger partial charge in [-0.25, -0.2) is 0 Å². The molecule has 3 aromatic rings. The molecule has 2 amide bonds. The molecule has 0 spiro atoms. The summed E-state index contributed by atoms with van der Waals surface area (Å²) in [5, 5.41) is 0. The van der Waals surface area contributed by atoms with Crippen molar-refractivity contribution in [2.45, 2.75) is 75.9 Å². The van der Waals surface area contributed by atoms with Gasteiger partial charge in [0.25, 0.3) is 11.8 Å². The molecule has 0 N–H and O–H groups in total. The van der Waals surface area contributed by atoms with E-state index < -0.39 is 52.5 Å². The van der Waals surface area contributed by atoms with Crippen LogP contribution in [0, 0.1) is 6.92 Å². The van der Waals surface area contributed by atoms with E-state index in [9.17, 15) is 35.9 Å². The number of amides is 2. The maximum atomic E-state index is 14.7. The van der Waals surface area contributed by atoms with Crippen LogP contribution >= 0.6 is 0 Å². The summed E-state index contributed by atoms with van der Waals surface area (Å²) in [5.41, 5.74) is -2.30. The van der Waals surface area contributed by atoms with Crippen molar-refractivity contribution in [3.8, 4) is 5.75 Å². The number of hydrogen-bond donors (Lipinski definition) is 0. The standard InChI is InChI=1S/C34H35F6N3O3/c1-3-5-29-32(46-26-12-10-25(11-13-26)33(35,36)37,31(45)42-19-15-24(21-42)23-8-6-22(2)7-9-23)16-4-18-43(29)30(44)27-20-41-17-14-28(27)34(38,39)40/h6-14,17,20,24,29H,3-5,15-16,18-19,21H2,1-2H3/t24?,29-,32+/m1/s1. The van der Waals surface area contributed by atoms with Crippen LogP contribution in [0.15, 0.2) is 67.0 Å². The average Bonchev–Trinajstić information content (AvgIpc) is 3.51. The summed E-state index contributed by atoms with van der Waals surface area (Å²) in [7, 11) is 0. The maximum absolute atomic E-state index is 14.7. The molecule has 3 atom stereocenters. The predicted octanol–water partition coefficient (Wildman–Crippen LogP) is 7.67. The summed E-state index contributed by atoms with van der Waals surface area (Å²) in [5.74, 6) is -1.36. The fourth-order valence-electron chi connectivity index (χ4n) is 6.62. The van der Waals surface area contributed by atoms with E-state index in [4.69, 9.17) is 4.74 Å². The number of nitrogens with zero attached hydrogens (tertiary/aromatic N) is 3. The molecule has 0 aliphatic carbocycles. The highest BCUT2D eigenvalue weighted by atomic mass is 19.4. The fourth-order valence-corrected chi connectivity index (χ4v) is 6.62. The second-order valence-electron chi connectivity index (χ2n) is 12.0. The van der Waals surface area contributed by atoms with Crippen LogP contribution in [-0.4, -0.2) is 57.9 Å². The zero-order valence-electron chi connectivity index (χ0n) is 25.5. The number of alkyl halides is 6. The third-order valence-electron chi connectivity index (χ3n) is 8.91. The lowest BCUT2D eigenvalue weighted by Gasteiger charge is -2.49. The third kappa shape index (κ3) is 6.71. The van der Waals surface area contributed by atoms with Crippen LogP contribution in [0.4, 0.5) is 26.3 Å². The first-order valence-corrected chi connectivity index (χ1v) is 15.3. The van der Waals surface area contributed by atoms with Crippen molar-refractivity contribution < 1.29 is 40.7 Å². The Hall–Kier alpha value is -4.09. The minimum atomic E-state index is -4.83. The van der Waals surface area contributed by atoms with Crippen molar-refractivity contribution >= 4 is 11.8 Å². The minimum absolute atomic E-state index is 0.0107. The van der Waals surface area contributed by atoms with Crippen LogP contribution in [0.3, 0.4) is 0 Å². The largest absolute Gasteiger partial charge is 0.475 e. The number of ether oxygens (including phenoxy) is 1. The third-order valence-corrected chi connectivity index (χ3v) is 8.91. The number of carbonyl (C=O) groups is 2. The van der Waals surface area contributed by atoms with Crippen molar-refractivity contribution in [1.82, 2.24) is 14.8 Å². The monoisotopic (exact) mass is 647 g/mol. The number of carbonyl (C=O) groups excluding carboxylic acids is 2. The summed E-state index contributed by atoms with van der Waals surface area (Å²) in [6, 6.07) is 11.7. The highest BCUT2D eigenvalue weighted by Crippen LogP contribution is 2.41. The first kappa shape index (κ1) is 33.3. The zero-order valence-corrected chi connectivity index (χ0v) is 25.5. The molecule has 2 aliphatic rings. The molecule has 3 heterocycles. The van der Waals surface area contributed by atoms with Gasteiger partial charge in [0.15, 0.2) is 0 Å². The van der Waals surface area contributed by atoms with E-state index in [0.717, 1.165) is 53.9 Å². The Morgan fingerprint density at radius 3 is 2.28 bits per heavy atom. The van der Waals surface area contributed by atoms with Crippen LogP contribution in [0.25, 0.3) is 0 Å². The van der Waals surface area contributed by atoms with Gasteiger partial charge in [0, 0.05) is 44.4 Å². The smallest absolute Gasteiger partial charge is 0.417 e. The summed E-state index contributed by atoms with van der Waals surface area (Å²) in [6.45, 7) is 4.59. The molecular formula is C34H35F6N3O3. The second-order valence-corrected chi connectivity index (χ2v) is 12.0. The molecule has 246 valence electrons. The first-order valence-electron chi connectivity index (χ1n) is 15.3. The number of piperidine rings is 1. The van der Waals surface area contributed by atoms with Crippen LogP contribution in [-0.2, 0) is 17.1 Å². The number of benzene rings is 2. The fraction of sp³-hybridized carbons (Fsp3) is 0.441. The second kappa shape index (κ2) is 13.0. The number of likely N-dealkylation sites (tertiary alicyclic amines) is 2. The molecule has 1 aromatic heterocycles. The molecule has 6 nitrogen and oxygen atoms in total. The predicted molar refractivity (Wildman–Crippen MR) is 158 cm³/mol. The lowest BCUT2D eigenvalue weighted by molar-refractivity contribution is -0.158. The van der Waals surface area contributed by atoms with Crippen molar-refractivity contribution in [2.75, 3.05) is 19.6 Å². The van der Waals surface area contributed by atoms with E-state index in [1.165, 1.54) is 4.90 Å². The first-order chi connectivity index (χ1) is 21.7. The lowest BCUT2D eigenvalue weighted by Crippen LogP contribution is -2.67. The van der Waals surface area contributed by atoms with Crippen molar-refractivity contribution in [1.29, 1.82) is 0 Å². The highest BCUT2D eigenvalue weighted by Gasteiger charge is 2.56. The lowest BCUT2D eigenvalue weighted by atomic mass is 9.79. The Balaban J connectivity index is 1.55. The van der Waals surface area contributed by atoms with Crippen LogP contribution in [0.5, 0.6) is 5.75 Å². The number of hydrogen-bond acceptors (Lipinski definition) is 4. The van der Waals surface area contributed by atoms with Crippen LogP contribution < -0.4 is 4.74 Å². The van der Waals surface area contributed by atoms with E-state index in [-0.39, 0.29) is 37.5 Å². The van der Waals surface area contributed by atoms with Gasteiger partial charge in [-0.2, -0.15) is 26.3 Å². The number of aryl methyl sites for hydroxylation is 1. The van der Waals surface area contributed by atoms with E-state index in [0.29, 0.717) is 25.9 Å². The number of pyridine rings is 1. The topological polar surface area (TPSA) is 62.7 Å². The van der Waals surface area contributed by atoms with Gasteiger partial charge in [-0.05, 0) is 62.1 Å². The molecule has 1 unspecified atom stereocenters. The Morgan fingerprint density at radius 1 is 0.957 bits per heavy atom. The van der Waals surface area contributed by atoms with Gasteiger partial charge < -0.3 is 14.5 Å². The molecule has 5 rings (SSSR count). The van der Waals surface area contributed by atoms with Gasteiger partial charge in [-0.1, -0.05) is 43.2 Å². The van der Waals surface area contributed by atoms with Gasteiger partial charge in [0.1, 0.15) is 5.75 Å². The van der Waals surface area contributed by atoms with Crippen molar-refractivity contribution in [2.24, 2.45) is 0 Å². The normalized spacial score (nSPS) is 22.2. The summed E-state index contributed by atoms with van der Waals surface area (Å²) in [4.78, 5) is 35.3. The molecule has 0 bridgehead atoms. The molecule has 0 saturated carbocycles. The van der Waals surface area contributed by atoms with E-state index in [1.807, 2.05) is 38.1 Å². The molecule has 0 radical (unpaired) electrons. The van der Waals surface area contributed by atoms with Crippen molar-refractivity contribution in [3.05, 3.63) is 94.8 Å². The van der Waals surface area contributed by atoms with E-state index in [2.05, 4.69) is 4.98 Å². The summed E-state index contributed by atoms with van der Waals surface area (Å²) in [6.07, 6.45) is -5.94. The minimum Gasteiger partial charge on any atom is -0.475 e. The van der Waals surface area contributed by atoms with E-state index in [1.54, 1.807) is 4.90 Å². The van der Waals surface area contributed by atoms with E-state index >= 15 is 0 Å². The molecule has 2 aliphatic heterocycles. The number of rotatable bonds is 7. The highest BCUT2D eigenvalue weighted by molar-refractivity contribution is 5.97. The Morgan fingerprint density at radius 2 is 1.65 bits per heavy atom. The number of halogens is 6. The SMILES string of the molecule is CCC[C@H]1N(C(=O)c2cnccc2C(F)(F)F)CCC[C@@]1(Oc1ccc(C(F)(F)F)cc1)C(=O)N1CCC(c2ccc(C)cc2)C1. The van der Waals surface area contributed by atoms with Gasteiger partial charge in [-0.3, -0.25) is 14.6 Å². The molecule has 2 aromatic carbocycles. The maximum Gasteiger partial charge on any atom is 0.417 e. The Bertz CT molecular complexity index is 1540. The molecule has 2 fully saturated rings. The van der Waals surface area contributed by atoms with Gasteiger partial charge in [-0.15, -0.1) is 0 Å². The Kier molecular flexibility index (Phi) is 9.38. The van der Waals surface area contributed by atoms with Gasteiger partial charge >= 0.3 is 12.4 Å². The quantitative estimate of drug-likeness (QED) is 0.247. The molecule has 12 heteroatoms.